The third-order valence-corrected chi connectivity index (χ3v) is 7.63. The molecule has 0 radical (unpaired) electrons. The van der Waals surface area contributed by atoms with Crippen molar-refractivity contribution in [2.75, 3.05) is 0 Å². The van der Waals surface area contributed by atoms with Gasteiger partial charge in [0.05, 0.1) is 22.3 Å². The number of nitriles is 2. The minimum absolute atomic E-state index is 0.0138. The summed E-state index contributed by atoms with van der Waals surface area (Å²) in [5.74, 6) is -1.48. The van der Waals surface area contributed by atoms with E-state index in [1.54, 1.807) is 24.3 Å². The Morgan fingerprint density at radius 1 is 0.688 bits per heavy atom. The Bertz CT molecular complexity index is 1150. The molecule has 0 saturated heterocycles. The van der Waals surface area contributed by atoms with Crippen LogP contribution in [-0.4, -0.2) is 11.9 Å². The fourth-order valence-corrected chi connectivity index (χ4v) is 4.41. The number of esters is 2. The molecular weight excluding hydrogens is 634 g/mol. The van der Waals surface area contributed by atoms with Crippen LogP contribution in [-0.2, 0) is 22.7 Å². The average molecular weight is 648 g/mol. The molecule has 0 atom stereocenters. The number of hydrogen-bond acceptors (Lipinski definition) is 6. The summed E-state index contributed by atoms with van der Waals surface area (Å²) in [6.45, 7) is 0.0277. The Labute approximate surface area is 212 Å². The first kappa shape index (κ1) is 23.7. The van der Waals surface area contributed by atoms with E-state index in [9.17, 15) is 20.1 Å². The number of rotatable bonds is 6. The molecule has 0 N–H and O–H groups in total. The molecule has 0 spiro atoms. The SMILES string of the molecule is N#Cc1c(C#N)c(C(=O)OCc2ccccc2)c(I)c(I)c1C(=O)OCc1ccccc1. The third kappa shape index (κ3) is 5.26. The molecule has 0 bridgehead atoms. The number of halogens is 2. The Morgan fingerprint density at radius 2 is 1.03 bits per heavy atom. The molecule has 3 aromatic carbocycles. The van der Waals surface area contributed by atoms with Crippen molar-refractivity contribution in [1.29, 1.82) is 10.5 Å². The van der Waals surface area contributed by atoms with Crippen LogP contribution in [0.2, 0.25) is 0 Å². The summed E-state index contributed by atoms with van der Waals surface area (Å²) in [7, 11) is 0. The van der Waals surface area contributed by atoms with Crippen LogP contribution in [0.15, 0.2) is 60.7 Å². The van der Waals surface area contributed by atoms with Crippen molar-refractivity contribution in [3.63, 3.8) is 0 Å². The molecule has 0 amide bonds. The molecule has 0 heterocycles. The summed E-state index contributed by atoms with van der Waals surface area (Å²) >= 11 is 3.76. The zero-order valence-electron chi connectivity index (χ0n) is 16.5. The van der Waals surface area contributed by atoms with Gasteiger partial charge in [0.1, 0.15) is 25.4 Å². The van der Waals surface area contributed by atoms with Crippen LogP contribution in [0.25, 0.3) is 0 Å². The Balaban J connectivity index is 1.94. The summed E-state index contributed by atoms with van der Waals surface area (Å²) in [5.41, 5.74) is 1.08. The van der Waals surface area contributed by atoms with Crippen LogP contribution in [0.1, 0.15) is 43.0 Å². The smallest absolute Gasteiger partial charge is 0.340 e. The van der Waals surface area contributed by atoms with Crippen molar-refractivity contribution in [3.8, 4) is 12.1 Å². The van der Waals surface area contributed by atoms with Gasteiger partial charge in [-0.3, -0.25) is 0 Å². The zero-order chi connectivity index (χ0) is 23.1. The van der Waals surface area contributed by atoms with Crippen LogP contribution in [0.4, 0.5) is 0 Å². The van der Waals surface area contributed by atoms with Crippen LogP contribution < -0.4 is 0 Å². The van der Waals surface area contributed by atoms with E-state index in [1.807, 2.05) is 93.7 Å². The van der Waals surface area contributed by atoms with Crippen LogP contribution in [0, 0.1) is 29.8 Å². The summed E-state index contributed by atoms with van der Waals surface area (Å²) in [6, 6.07) is 22.0. The number of carbonyl (C=O) groups excluding carboxylic acids is 2. The zero-order valence-corrected chi connectivity index (χ0v) is 20.8. The highest BCUT2D eigenvalue weighted by molar-refractivity contribution is 14.1. The maximum atomic E-state index is 12.8. The second-order valence-corrected chi connectivity index (χ2v) is 8.63. The second kappa shape index (κ2) is 11.1. The van der Waals surface area contributed by atoms with Gasteiger partial charge in [-0.1, -0.05) is 60.7 Å². The van der Waals surface area contributed by atoms with Gasteiger partial charge >= 0.3 is 11.9 Å². The molecule has 32 heavy (non-hydrogen) atoms. The molecule has 0 aliphatic heterocycles. The molecular formula is C24H14I2N2O4. The van der Waals surface area contributed by atoms with E-state index >= 15 is 0 Å². The molecule has 158 valence electrons. The molecule has 3 aromatic rings. The van der Waals surface area contributed by atoms with Crippen molar-refractivity contribution < 1.29 is 19.1 Å². The molecule has 0 fully saturated rings. The predicted molar refractivity (Wildman–Crippen MR) is 132 cm³/mol. The first-order valence-electron chi connectivity index (χ1n) is 9.25. The van der Waals surface area contributed by atoms with E-state index < -0.39 is 11.9 Å². The molecule has 0 aromatic heterocycles. The maximum absolute atomic E-state index is 12.8. The van der Waals surface area contributed by atoms with Crippen molar-refractivity contribution in [1.82, 2.24) is 0 Å². The highest BCUT2D eigenvalue weighted by Crippen LogP contribution is 2.32. The lowest BCUT2D eigenvalue weighted by molar-refractivity contribution is 0.0456. The number of nitrogens with zero attached hydrogens (tertiary/aromatic N) is 2. The van der Waals surface area contributed by atoms with E-state index in [2.05, 4.69) is 0 Å². The maximum Gasteiger partial charge on any atom is 0.340 e. The largest absolute Gasteiger partial charge is 0.457 e. The van der Waals surface area contributed by atoms with Crippen LogP contribution in [0.5, 0.6) is 0 Å². The van der Waals surface area contributed by atoms with Crippen molar-refractivity contribution in [3.05, 3.63) is 101 Å². The molecule has 0 saturated carbocycles. The van der Waals surface area contributed by atoms with Gasteiger partial charge < -0.3 is 9.47 Å². The van der Waals surface area contributed by atoms with Gasteiger partial charge in [-0.05, 0) is 56.3 Å². The lowest BCUT2D eigenvalue weighted by atomic mass is 9.97. The number of hydrogen-bond donors (Lipinski definition) is 0. The minimum Gasteiger partial charge on any atom is -0.457 e. The van der Waals surface area contributed by atoms with Crippen molar-refractivity contribution >= 4 is 57.1 Å². The summed E-state index contributed by atoms with van der Waals surface area (Å²) in [5, 5.41) is 19.5. The summed E-state index contributed by atoms with van der Waals surface area (Å²) < 4.78 is 11.4. The molecule has 0 aliphatic rings. The third-order valence-electron chi connectivity index (χ3n) is 4.44. The van der Waals surface area contributed by atoms with Gasteiger partial charge in [0, 0.05) is 7.14 Å². The van der Waals surface area contributed by atoms with Gasteiger partial charge in [0.2, 0.25) is 0 Å². The highest BCUT2D eigenvalue weighted by Gasteiger charge is 2.30. The van der Waals surface area contributed by atoms with Gasteiger partial charge in [-0.2, -0.15) is 10.5 Å². The van der Waals surface area contributed by atoms with Crippen LogP contribution >= 0.6 is 45.2 Å². The van der Waals surface area contributed by atoms with Crippen LogP contribution in [0.3, 0.4) is 0 Å². The fourth-order valence-electron chi connectivity index (χ4n) is 2.89. The first-order chi connectivity index (χ1) is 15.5. The highest BCUT2D eigenvalue weighted by atomic mass is 127. The van der Waals surface area contributed by atoms with Gasteiger partial charge in [0.15, 0.2) is 0 Å². The normalized spacial score (nSPS) is 10.0. The molecule has 0 unspecified atom stereocenters. The molecule has 6 nitrogen and oxygen atoms in total. The van der Waals surface area contributed by atoms with E-state index in [0.717, 1.165) is 11.1 Å². The van der Waals surface area contributed by atoms with Gasteiger partial charge in [0.25, 0.3) is 0 Å². The topological polar surface area (TPSA) is 100 Å². The van der Waals surface area contributed by atoms with Crippen molar-refractivity contribution in [2.24, 2.45) is 0 Å². The van der Waals surface area contributed by atoms with E-state index in [4.69, 9.17) is 9.47 Å². The van der Waals surface area contributed by atoms with E-state index in [-0.39, 0.29) is 35.5 Å². The molecule has 8 heteroatoms. The minimum atomic E-state index is -0.742. The number of benzene rings is 3. The standard InChI is InChI=1S/C24H14I2N2O4/c25-21-19(23(29)31-13-15-7-3-1-4-8-15)17(11-27)18(12-28)20(22(21)26)24(30)32-14-16-9-5-2-6-10-16/h1-10H,13-14H2. The summed E-state index contributed by atoms with van der Waals surface area (Å²) in [6.07, 6.45) is 0. The van der Waals surface area contributed by atoms with E-state index in [1.165, 1.54) is 0 Å². The Hall–Kier alpha value is -2.96. The fraction of sp³-hybridized carbons (Fsp3) is 0.0833. The predicted octanol–water partition coefficient (Wildman–Crippen LogP) is 5.35. The monoisotopic (exact) mass is 648 g/mol. The lowest BCUT2D eigenvalue weighted by Gasteiger charge is -2.15. The Kier molecular flexibility index (Phi) is 8.20. The van der Waals surface area contributed by atoms with E-state index in [0.29, 0.717) is 7.14 Å². The van der Waals surface area contributed by atoms with Crippen molar-refractivity contribution in [2.45, 2.75) is 13.2 Å². The molecule has 0 aliphatic carbocycles. The second-order valence-electron chi connectivity index (χ2n) is 6.48. The van der Waals surface area contributed by atoms with Gasteiger partial charge in [-0.25, -0.2) is 9.59 Å². The number of ether oxygens (including phenoxy) is 2. The number of carbonyl (C=O) groups is 2. The lowest BCUT2D eigenvalue weighted by Crippen LogP contribution is -2.18. The quantitative estimate of drug-likeness (QED) is 0.264. The average Bonchev–Trinajstić information content (AvgIpc) is 2.83. The molecule has 3 rings (SSSR count). The van der Waals surface area contributed by atoms with Gasteiger partial charge in [-0.15, -0.1) is 0 Å². The Morgan fingerprint density at radius 3 is 1.34 bits per heavy atom. The first-order valence-corrected chi connectivity index (χ1v) is 11.4. The summed E-state index contributed by atoms with van der Waals surface area (Å²) in [4.78, 5) is 25.6.